The molecule has 0 aliphatic carbocycles. The number of thiophene rings is 1. The average Bonchev–Trinajstić information content (AvgIpc) is 2.91. The molecule has 4 nitrogen and oxygen atoms in total. The smallest absolute Gasteiger partial charge is 0.349 e. The molecule has 0 saturated heterocycles. The summed E-state index contributed by atoms with van der Waals surface area (Å²) in [5, 5.41) is 2.73. The first kappa shape index (κ1) is 18.7. The number of aryl methyl sites for hydroxylation is 2. The summed E-state index contributed by atoms with van der Waals surface area (Å²) in [6.45, 7) is 5.67. The number of amides is 1. The van der Waals surface area contributed by atoms with Gasteiger partial charge in [-0.1, -0.05) is 29.3 Å². The number of halogens is 1. The highest BCUT2D eigenvalue weighted by Gasteiger charge is 2.21. The second kappa shape index (κ2) is 8.44. The van der Waals surface area contributed by atoms with Crippen LogP contribution in [0.3, 0.4) is 0 Å². The van der Waals surface area contributed by atoms with Crippen LogP contribution in [-0.4, -0.2) is 18.0 Å². The summed E-state index contributed by atoms with van der Waals surface area (Å²) in [6, 6.07) is 9.07. The van der Waals surface area contributed by atoms with Crippen molar-refractivity contribution < 1.29 is 14.3 Å². The minimum Gasteiger partial charge on any atom is -0.448 e. The number of carbonyl (C=O) groups is 2. The van der Waals surface area contributed by atoms with Crippen LogP contribution in [0.1, 0.15) is 40.4 Å². The Hall–Kier alpha value is -1.66. The molecule has 0 fully saturated rings. The van der Waals surface area contributed by atoms with Crippen LogP contribution < -0.4 is 5.32 Å². The summed E-state index contributed by atoms with van der Waals surface area (Å²) in [6.07, 6.45) is 1.10. The maximum absolute atomic E-state index is 12.2. The van der Waals surface area contributed by atoms with E-state index in [9.17, 15) is 9.59 Å². The number of carbonyl (C=O) groups excluding carboxylic acids is 2. The molecule has 1 aromatic heterocycles. The lowest BCUT2D eigenvalue weighted by Crippen LogP contribution is -2.29. The third-order valence-electron chi connectivity index (χ3n) is 3.51. The highest BCUT2D eigenvalue weighted by atomic mass is 79.9. The molecule has 6 heteroatoms. The van der Waals surface area contributed by atoms with Crippen LogP contribution in [0.15, 0.2) is 34.8 Å². The highest BCUT2D eigenvalue weighted by molar-refractivity contribution is 9.10. The van der Waals surface area contributed by atoms with Crippen molar-refractivity contribution in [2.24, 2.45) is 0 Å². The Morgan fingerprint density at radius 2 is 1.96 bits per heavy atom. The zero-order valence-electron chi connectivity index (χ0n) is 13.9. The molecular weight excluding hydrogens is 390 g/mol. The average molecular weight is 410 g/mol. The molecular formula is C18H20BrNO3S. The van der Waals surface area contributed by atoms with Gasteiger partial charge in [0.25, 0.3) is 5.91 Å². The van der Waals surface area contributed by atoms with Gasteiger partial charge in [-0.3, -0.25) is 4.79 Å². The van der Waals surface area contributed by atoms with E-state index in [0.29, 0.717) is 10.6 Å². The third kappa shape index (κ3) is 4.92. The number of rotatable bonds is 6. The summed E-state index contributed by atoms with van der Waals surface area (Å²) in [5.41, 5.74) is 1.82. The lowest BCUT2D eigenvalue weighted by molar-refractivity contribution is -0.123. The first-order valence-electron chi connectivity index (χ1n) is 7.77. The number of ether oxygens (including phenoxy) is 1. The molecule has 0 aliphatic heterocycles. The topological polar surface area (TPSA) is 55.4 Å². The Morgan fingerprint density at radius 3 is 2.58 bits per heavy atom. The van der Waals surface area contributed by atoms with Gasteiger partial charge >= 0.3 is 5.97 Å². The monoisotopic (exact) mass is 409 g/mol. The second-order valence-electron chi connectivity index (χ2n) is 5.49. The predicted molar refractivity (Wildman–Crippen MR) is 101 cm³/mol. The standard InChI is InChI=1S/C18H20BrNO3S/c1-4-5-13-10-16(24-12(13)3)18(22)23-11(2)17(21)20-15-8-6-14(19)7-9-15/h6-11H,4-5H2,1-3H3,(H,20,21)/t11-/m0/s1. The molecule has 1 aromatic carbocycles. The fraction of sp³-hybridized carbons (Fsp3) is 0.333. The largest absolute Gasteiger partial charge is 0.448 e. The molecule has 0 saturated carbocycles. The molecule has 0 spiro atoms. The maximum atomic E-state index is 12.2. The van der Waals surface area contributed by atoms with E-state index in [4.69, 9.17) is 4.74 Å². The van der Waals surface area contributed by atoms with E-state index in [-0.39, 0.29) is 5.91 Å². The van der Waals surface area contributed by atoms with Gasteiger partial charge in [0.2, 0.25) is 0 Å². The number of hydrogen-bond acceptors (Lipinski definition) is 4. The first-order valence-corrected chi connectivity index (χ1v) is 9.38. The molecule has 0 bridgehead atoms. The van der Waals surface area contributed by atoms with E-state index in [1.165, 1.54) is 16.9 Å². The van der Waals surface area contributed by atoms with E-state index in [1.54, 1.807) is 19.1 Å². The van der Waals surface area contributed by atoms with Crippen LogP contribution in [0.25, 0.3) is 0 Å². The molecule has 1 N–H and O–H groups in total. The van der Waals surface area contributed by atoms with Gasteiger partial charge in [-0.2, -0.15) is 0 Å². The van der Waals surface area contributed by atoms with E-state index in [2.05, 4.69) is 28.2 Å². The van der Waals surface area contributed by atoms with Crippen LogP contribution >= 0.6 is 27.3 Å². The fourth-order valence-corrected chi connectivity index (χ4v) is 3.41. The van der Waals surface area contributed by atoms with Crippen molar-refractivity contribution in [1.82, 2.24) is 0 Å². The Balaban J connectivity index is 1.96. The summed E-state index contributed by atoms with van der Waals surface area (Å²) in [5.74, 6) is -0.809. The van der Waals surface area contributed by atoms with Gasteiger partial charge in [-0.05, 0) is 56.2 Å². The van der Waals surface area contributed by atoms with Crippen molar-refractivity contribution in [3.05, 3.63) is 50.1 Å². The Labute approximate surface area is 154 Å². The van der Waals surface area contributed by atoms with Gasteiger partial charge in [0.1, 0.15) is 4.88 Å². The number of benzene rings is 1. The van der Waals surface area contributed by atoms with Gasteiger partial charge in [-0.25, -0.2) is 4.79 Å². The Bertz CT molecular complexity index is 724. The van der Waals surface area contributed by atoms with Crippen molar-refractivity contribution >= 4 is 44.8 Å². The number of nitrogens with one attached hydrogen (secondary N) is 1. The van der Waals surface area contributed by atoms with E-state index in [0.717, 1.165) is 22.2 Å². The SMILES string of the molecule is CCCc1cc(C(=O)O[C@@H](C)C(=O)Nc2ccc(Br)cc2)sc1C. The normalized spacial score (nSPS) is 11.8. The zero-order valence-corrected chi connectivity index (χ0v) is 16.3. The summed E-state index contributed by atoms with van der Waals surface area (Å²) < 4.78 is 6.22. The van der Waals surface area contributed by atoms with Crippen molar-refractivity contribution in [3.63, 3.8) is 0 Å². The van der Waals surface area contributed by atoms with Crippen molar-refractivity contribution in [3.8, 4) is 0 Å². The fourth-order valence-electron chi connectivity index (χ4n) is 2.19. The molecule has 0 radical (unpaired) electrons. The molecule has 0 unspecified atom stereocenters. The summed E-state index contributed by atoms with van der Waals surface area (Å²) in [7, 11) is 0. The Kier molecular flexibility index (Phi) is 6.57. The highest BCUT2D eigenvalue weighted by Crippen LogP contribution is 2.24. The van der Waals surface area contributed by atoms with Crippen molar-refractivity contribution in [1.29, 1.82) is 0 Å². The molecule has 24 heavy (non-hydrogen) atoms. The van der Waals surface area contributed by atoms with E-state index >= 15 is 0 Å². The van der Waals surface area contributed by atoms with Gasteiger partial charge in [-0.15, -0.1) is 11.3 Å². The molecule has 2 rings (SSSR count). The van der Waals surface area contributed by atoms with Crippen molar-refractivity contribution in [2.75, 3.05) is 5.32 Å². The van der Waals surface area contributed by atoms with Crippen LogP contribution in [0.4, 0.5) is 5.69 Å². The minimum absolute atomic E-state index is 0.354. The lowest BCUT2D eigenvalue weighted by Gasteiger charge is -2.13. The maximum Gasteiger partial charge on any atom is 0.349 e. The second-order valence-corrected chi connectivity index (χ2v) is 7.66. The van der Waals surface area contributed by atoms with Crippen LogP contribution in [0.5, 0.6) is 0 Å². The minimum atomic E-state index is -0.863. The van der Waals surface area contributed by atoms with Gasteiger partial charge in [0, 0.05) is 15.0 Å². The van der Waals surface area contributed by atoms with Crippen LogP contribution in [0.2, 0.25) is 0 Å². The lowest BCUT2D eigenvalue weighted by atomic mass is 10.1. The quantitative estimate of drug-likeness (QED) is 0.686. The van der Waals surface area contributed by atoms with Gasteiger partial charge in [0.05, 0.1) is 0 Å². The molecule has 1 heterocycles. The summed E-state index contributed by atoms with van der Waals surface area (Å²) >= 11 is 4.75. The molecule has 1 amide bonds. The van der Waals surface area contributed by atoms with Crippen molar-refractivity contribution in [2.45, 2.75) is 39.7 Å². The first-order chi connectivity index (χ1) is 11.4. The van der Waals surface area contributed by atoms with E-state index in [1.807, 2.05) is 25.1 Å². The van der Waals surface area contributed by atoms with Gasteiger partial charge < -0.3 is 10.1 Å². The number of esters is 1. The Morgan fingerprint density at radius 1 is 1.29 bits per heavy atom. The third-order valence-corrected chi connectivity index (χ3v) is 5.11. The molecule has 1 atom stereocenters. The predicted octanol–water partition coefficient (Wildman–Crippen LogP) is 4.96. The van der Waals surface area contributed by atoms with E-state index < -0.39 is 12.1 Å². The molecule has 128 valence electrons. The number of hydrogen-bond donors (Lipinski definition) is 1. The van der Waals surface area contributed by atoms with Gasteiger partial charge in [0.15, 0.2) is 6.10 Å². The molecule has 2 aromatic rings. The summed E-state index contributed by atoms with van der Waals surface area (Å²) in [4.78, 5) is 26.0. The zero-order chi connectivity index (χ0) is 17.7. The molecule has 0 aliphatic rings. The van der Waals surface area contributed by atoms with Crippen LogP contribution in [-0.2, 0) is 16.0 Å². The van der Waals surface area contributed by atoms with Crippen LogP contribution in [0, 0.1) is 6.92 Å². The number of anilines is 1.